The maximum atomic E-state index is 13.8. The summed E-state index contributed by atoms with van der Waals surface area (Å²) < 4.78 is 48.6. The van der Waals surface area contributed by atoms with Gasteiger partial charge in [-0.3, -0.25) is 4.57 Å². The molecule has 0 atom stereocenters. The van der Waals surface area contributed by atoms with Crippen LogP contribution in [0.25, 0.3) is 28.2 Å². The third-order valence-corrected chi connectivity index (χ3v) is 5.74. The minimum Gasteiger partial charge on any atom is -0.493 e. The molecule has 0 amide bonds. The SMILES string of the molecule is CCOc1ccc(Cl)cc1-c1ccc(-n2cc(C(C)(C)O)nc2-c2ccccc2C(F)(F)F)cc1. The molecule has 0 radical (unpaired) electrons. The minimum absolute atomic E-state index is 0.0759. The van der Waals surface area contributed by atoms with Crippen molar-refractivity contribution in [3.8, 4) is 34.0 Å². The lowest BCUT2D eigenvalue weighted by Crippen LogP contribution is -2.15. The first-order valence-corrected chi connectivity index (χ1v) is 11.4. The molecule has 3 aromatic carbocycles. The smallest absolute Gasteiger partial charge is 0.417 e. The molecule has 8 heteroatoms. The van der Waals surface area contributed by atoms with Gasteiger partial charge in [-0.05, 0) is 62.7 Å². The standard InChI is InChI=1S/C27H24ClF3N2O2/c1-4-35-23-14-11-18(28)15-21(23)17-9-12-19(13-10-17)33-16-24(26(2,3)34)32-25(33)20-7-5-6-8-22(20)27(29,30)31/h5-16,34H,4H2,1-3H3. The van der Waals surface area contributed by atoms with Crippen molar-refractivity contribution in [1.82, 2.24) is 9.55 Å². The van der Waals surface area contributed by atoms with Gasteiger partial charge in [0.05, 0.1) is 17.9 Å². The van der Waals surface area contributed by atoms with E-state index in [9.17, 15) is 18.3 Å². The van der Waals surface area contributed by atoms with Crippen LogP contribution in [-0.2, 0) is 11.8 Å². The molecule has 0 bridgehead atoms. The van der Waals surface area contributed by atoms with E-state index in [4.69, 9.17) is 16.3 Å². The number of aliphatic hydroxyl groups is 1. The van der Waals surface area contributed by atoms with Gasteiger partial charge >= 0.3 is 6.18 Å². The summed E-state index contributed by atoms with van der Waals surface area (Å²) in [7, 11) is 0. The number of hydrogen-bond acceptors (Lipinski definition) is 3. The predicted octanol–water partition coefficient (Wildman–Crippen LogP) is 7.50. The van der Waals surface area contributed by atoms with Crippen LogP contribution in [0.2, 0.25) is 5.02 Å². The lowest BCUT2D eigenvalue weighted by atomic mass is 10.0. The van der Waals surface area contributed by atoms with Gasteiger partial charge in [0.1, 0.15) is 17.2 Å². The molecule has 35 heavy (non-hydrogen) atoms. The fraction of sp³-hybridized carbons (Fsp3) is 0.222. The zero-order chi connectivity index (χ0) is 25.4. The maximum absolute atomic E-state index is 13.8. The third kappa shape index (κ3) is 5.21. The Bertz CT molecular complexity index is 1340. The van der Waals surface area contributed by atoms with E-state index in [2.05, 4.69) is 4.98 Å². The number of halogens is 4. The Hall–Kier alpha value is -3.29. The van der Waals surface area contributed by atoms with Gasteiger partial charge in [-0.25, -0.2) is 4.98 Å². The van der Waals surface area contributed by atoms with Crippen LogP contribution in [0.3, 0.4) is 0 Å². The first-order chi connectivity index (χ1) is 16.5. The van der Waals surface area contributed by atoms with Crippen LogP contribution >= 0.6 is 11.6 Å². The molecule has 0 aliphatic heterocycles. The monoisotopic (exact) mass is 500 g/mol. The molecular formula is C27H24ClF3N2O2. The first kappa shape index (κ1) is 24.8. The number of rotatable bonds is 6. The van der Waals surface area contributed by atoms with Gasteiger partial charge in [-0.2, -0.15) is 13.2 Å². The summed E-state index contributed by atoms with van der Waals surface area (Å²) in [4.78, 5) is 4.41. The first-order valence-electron chi connectivity index (χ1n) is 11.0. The minimum atomic E-state index is -4.56. The fourth-order valence-corrected chi connectivity index (χ4v) is 3.97. The van der Waals surface area contributed by atoms with Gasteiger partial charge < -0.3 is 9.84 Å². The van der Waals surface area contributed by atoms with Crippen molar-refractivity contribution in [3.05, 3.63) is 89.2 Å². The van der Waals surface area contributed by atoms with Crippen molar-refractivity contribution in [2.24, 2.45) is 0 Å². The highest BCUT2D eigenvalue weighted by Crippen LogP contribution is 2.39. The summed E-state index contributed by atoms with van der Waals surface area (Å²) in [6.45, 7) is 5.46. The molecule has 182 valence electrons. The quantitative estimate of drug-likeness (QED) is 0.298. The van der Waals surface area contributed by atoms with E-state index in [-0.39, 0.29) is 17.1 Å². The van der Waals surface area contributed by atoms with E-state index in [1.807, 2.05) is 19.1 Å². The average molecular weight is 501 g/mol. The summed E-state index contributed by atoms with van der Waals surface area (Å²) in [6.07, 6.45) is -3.00. The van der Waals surface area contributed by atoms with E-state index in [1.54, 1.807) is 41.1 Å². The summed E-state index contributed by atoms with van der Waals surface area (Å²) in [5.41, 5.74) is 0.251. The van der Waals surface area contributed by atoms with E-state index in [1.165, 1.54) is 32.0 Å². The number of ether oxygens (including phenoxy) is 1. The Balaban J connectivity index is 1.85. The highest BCUT2D eigenvalue weighted by atomic mass is 35.5. The second-order valence-corrected chi connectivity index (χ2v) is 8.98. The van der Waals surface area contributed by atoms with Gasteiger partial charge in [0.25, 0.3) is 0 Å². The van der Waals surface area contributed by atoms with Crippen LogP contribution in [0, 0.1) is 0 Å². The van der Waals surface area contributed by atoms with Gasteiger partial charge in [-0.15, -0.1) is 0 Å². The van der Waals surface area contributed by atoms with Crippen LogP contribution in [-0.4, -0.2) is 21.3 Å². The molecule has 0 saturated carbocycles. The molecule has 4 nitrogen and oxygen atoms in total. The number of imidazole rings is 1. The van der Waals surface area contributed by atoms with Crippen LogP contribution in [0.15, 0.2) is 72.9 Å². The Labute approximate surface area is 206 Å². The second kappa shape index (κ2) is 9.40. The second-order valence-electron chi connectivity index (χ2n) is 8.54. The molecule has 1 N–H and O–H groups in total. The Morgan fingerprint density at radius 2 is 1.66 bits per heavy atom. The zero-order valence-corrected chi connectivity index (χ0v) is 20.2. The number of nitrogens with zero attached hydrogens (tertiary/aromatic N) is 2. The van der Waals surface area contributed by atoms with Crippen molar-refractivity contribution in [3.63, 3.8) is 0 Å². The predicted molar refractivity (Wildman–Crippen MR) is 131 cm³/mol. The van der Waals surface area contributed by atoms with Gasteiger partial charge in [0, 0.05) is 28.0 Å². The summed E-state index contributed by atoms with van der Waals surface area (Å²) >= 11 is 6.20. The van der Waals surface area contributed by atoms with Crippen molar-refractivity contribution >= 4 is 11.6 Å². The molecule has 0 fully saturated rings. The molecule has 1 heterocycles. The molecular weight excluding hydrogens is 477 g/mol. The summed E-state index contributed by atoms with van der Waals surface area (Å²) in [5.74, 6) is 0.761. The molecule has 0 spiro atoms. The Kier molecular flexibility index (Phi) is 6.66. The van der Waals surface area contributed by atoms with Crippen molar-refractivity contribution in [2.45, 2.75) is 32.5 Å². The van der Waals surface area contributed by atoms with Crippen molar-refractivity contribution in [1.29, 1.82) is 0 Å². The van der Waals surface area contributed by atoms with Crippen LogP contribution in [0.1, 0.15) is 32.0 Å². The van der Waals surface area contributed by atoms with Crippen LogP contribution in [0.5, 0.6) is 5.75 Å². The van der Waals surface area contributed by atoms with Gasteiger partial charge in [0.15, 0.2) is 0 Å². The fourth-order valence-electron chi connectivity index (χ4n) is 3.80. The number of alkyl halides is 3. The molecule has 0 aliphatic rings. The summed E-state index contributed by atoms with van der Waals surface area (Å²) in [5, 5.41) is 11.1. The summed E-state index contributed by atoms with van der Waals surface area (Å²) in [6, 6.07) is 17.9. The number of benzene rings is 3. The van der Waals surface area contributed by atoms with Crippen molar-refractivity contribution in [2.75, 3.05) is 6.61 Å². The maximum Gasteiger partial charge on any atom is 0.417 e. The highest BCUT2D eigenvalue weighted by molar-refractivity contribution is 6.31. The zero-order valence-electron chi connectivity index (χ0n) is 19.4. The molecule has 4 rings (SSSR count). The molecule has 1 aromatic heterocycles. The normalized spacial score (nSPS) is 12.1. The molecule has 0 aliphatic carbocycles. The molecule has 0 unspecified atom stereocenters. The topological polar surface area (TPSA) is 47.3 Å². The highest BCUT2D eigenvalue weighted by Gasteiger charge is 2.35. The van der Waals surface area contributed by atoms with E-state index in [0.717, 1.165) is 17.2 Å². The molecule has 4 aromatic rings. The van der Waals surface area contributed by atoms with E-state index < -0.39 is 17.3 Å². The Morgan fingerprint density at radius 3 is 2.29 bits per heavy atom. The lowest BCUT2D eigenvalue weighted by molar-refractivity contribution is -0.137. The third-order valence-electron chi connectivity index (χ3n) is 5.50. The van der Waals surface area contributed by atoms with Crippen molar-refractivity contribution < 1.29 is 23.0 Å². The number of hydrogen-bond donors (Lipinski definition) is 1. The van der Waals surface area contributed by atoms with E-state index in [0.29, 0.717) is 23.1 Å². The number of aromatic nitrogens is 2. The van der Waals surface area contributed by atoms with Crippen LogP contribution < -0.4 is 4.74 Å². The van der Waals surface area contributed by atoms with Crippen LogP contribution in [0.4, 0.5) is 13.2 Å². The van der Waals surface area contributed by atoms with Gasteiger partial charge in [-0.1, -0.05) is 41.9 Å². The Morgan fingerprint density at radius 1 is 0.971 bits per heavy atom. The van der Waals surface area contributed by atoms with Gasteiger partial charge in [0.2, 0.25) is 0 Å². The largest absolute Gasteiger partial charge is 0.493 e. The average Bonchev–Trinajstić information content (AvgIpc) is 3.26. The van der Waals surface area contributed by atoms with E-state index >= 15 is 0 Å². The molecule has 0 saturated heterocycles. The lowest BCUT2D eigenvalue weighted by Gasteiger charge is -2.15.